The highest BCUT2D eigenvalue weighted by molar-refractivity contribution is 5.77. The summed E-state index contributed by atoms with van der Waals surface area (Å²) in [7, 11) is 0. The van der Waals surface area contributed by atoms with E-state index in [9.17, 15) is 19.8 Å². The molecule has 64 heavy (non-hydrogen) atoms. The molecule has 6 nitrogen and oxygen atoms in total. The molecular weight excluding hydrogens is 791 g/mol. The molecular formula is C58H105NO5. The predicted molar refractivity (Wildman–Crippen MR) is 278 cm³/mol. The smallest absolute Gasteiger partial charge is 0.306 e. The maximum Gasteiger partial charge on any atom is 0.306 e. The van der Waals surface area contributed by atoms with Gasteiger partial charge in [0.15, 0.2) is 0 Å². The summed E-state index contributed by atoms with van der Waals surface area (Å²) >= 11 is 0. The van der Waals surface area contributed by atoms with E-state index >= 15 is 0 Å². The number of amides is 1. The summed E-state index contributed by atoms with van der Waals surface area (Å²) in [6, 6.07) is -0.708. The lowest BCUT2D eigenvalue weighted by Crippen LogP contribution is -2.46. The van der Waals surface area contributed by atoms with Crippen molar-refractivity contribution in [1.82, 2.24) is 5.32 Å². The van der Waals surface area contributed by atoms with Crippen LogP contribution in [0.25, 0.3) is 0 Å². The normalized spacial score (nSPS) is 13.6. The van der Waals surface area contributed by atoms with Crippen LogP contribution in [0.1, 0.15) is 271 Å². The Balaban J connectivity index is 4.61. The summed E-state index contributed by atoms with van der Waals surface area (Å²) in [5.41, 5.74) is 0. The van der Waals surface area contributed by atoms with Crippen LogP contribution < -0.4 is 5.32 Å². The second-order valence-electron chi connectivity index (χ2n) is 18.7. The van der Waals surface area contributed by atoms with Crippen LogP contribution in [-0.4, -0.2) is 46.9 Å². The highest BCUT2D eigenvalue weighted by Gasteiger charge is 2.24. The van der Waals surface area contributed by atoms with Crippen molar-refractivity contribution in [2.24, 2.45) is 0 Å². The van der Waals surface area contributed by atoms with Crippen molar-refractivity contribution in [1.29, 1.82) is 0 Å². The van der Waals surface area contributed by atoms with Gasteiger partial charge in [-0.2, -0.15) is 0 Å². The first-order valence-electron chi connectivity index (χ1n) is 27.5. The van der Waals surface area contributed by atoms with Crippen LogP contribution in [0.5, 0.6) is 0 Å². The summed E-state index contributed by atoms with van der Waals surface area (Å²) in [6.07, 6.45) is 64.2. The molecule has 0 aromatic carbocycles. The van der Waals surface area contributed by atoms with E-state index in [1.54, 1.807) is 0 Å². The molecule has 0 fully saturated rings. The molecule has 6 heteroatoms. The number of carbonyl (C=O) groups excluding carboxylic acids is 2. The van der Waals surface area contributed by atoms with E-state index in [0.29, 0.717) is 19.3 Å². The average Bonchev–Trinajstić information content (AvgIpc) is 3.29. The number of hydrogen-bond donors (Lipinski definition) is 3. The number of hydrogen-bond acceptors (Lipinski definition) is 5. The number of allylic oxidation sites excluding steroid dienone is 10. The molecule has 0 rings (SSSR count). The lowest BCUT2D eigenvalue weighted by molar-refractivity contribution is -0.151. The molecule has 0 aliphatic carbocycles. The molecule has 0 heterocycles. The minimum absolute atomic E-state index is 0.0667. The first kappa shape index (κ1) is 61.6. The summed E-state index contributed by atoms with van der Waals surface area (Å²) in [4.78, 5) is 26.2. The van der Waals surface area contributed by atoms with Gasteiger partial charge in [-0.15, -0.1) is 0 Å². The van der Waals surface area contributed by atoms with Gasteiger partial charge in [0, 0.05) is 6.42 Å². The number of ether oxygens (including phenoxy) is 1. The van der Waals surface area contributed by atoms with Crippen molar-refractivity contribution < 1.29 is 24.5 Å². The summed E-state index contributed by atoms with van der Waals surface area (Å²) in [5, 5.41) is 23.8. The molecule has 3 unspecified atom stereocenters. The number of rotatable bonds is 49. The Morgan fingerprint density at radius 2 is 0.906 bits per heavy atom. The van der Waals surface area contributed by atoms with E-state index in [4.69, 9.17) is 4.74 Å². The maximum atomic E-state index is 13.2. The first-order valence-corrected chi connectivity index (χ1v) is 27.5. The number of unbranched alkanes of at least 4 members (excludes halogenated alkanes) is 29. The molecule has 0 bridgehead atoms. The van der Waals surface area contributed by atoms with Gasteiger partial charge in [0.1, 0.15) is 6.10 Å². The highest BCUT2D eigenvalue weighted by atomic mass is 16.5. The maximum absolute atomic E-state index is 13.2. The van der Waals surface area contributed by atoms with E-state index in [1.807, 2.05) is 0 Å². The van der Waals surface area contributed by atoms with Gasteiger partial charge in [0.25, 0.3) is 0 Å². The van der Waals surface area contributed by atoms with Crippen molar-refractivity contribution in [2.45, 2.75) is 289 Å². The van der Waals surface area contributed by atoms with E-state index in [2.05, 4.69) is 86.8 Å². The third-order valence-corrected chi connectivity index (χ3v) is 12.4. The summed E-state index contributed by atoms with van der Waals surface area (Å²) in [5.74, 6) is -0.489. The number of aliphatic hydroxyl groups is 2. The van der Waals surface area contributed by atoms with Crippen molar-refractivity contribution in [3.63, 3.8) is 0 Å². The van der Waals surface area contributed by atoms with Crippen LogP contribution in [0, 0.1) is 0 Å². The third-order valence-electron chi connectivity index (χ3n) is 12.4. The fourth-order valence-electron chi connectivity index (χ4n) is 8.23. The molecule has 0 aromatic rings. The summed E-state index contributed by atoms with van der Waals surface area (Å²) < 4.78 is 5.95. The van der Waals surface area contributed by atoms with Gasteiger partial charge in [0.2, 0.25) is 5.91 Å². The Hall–Kier alpha value is -2.44. The first-order chi connectivity index (χ1) is 31.5. The Labute approximate surface area is 397 Å². The topological polar surface area (TPSA) is 95.9 Å². The number of nitrogens with one attached hydrogen (secondary N) is 1. The molecule has 0 aliphatic rings. The van der Waals surface area contributed by atoms with Gasteiger partial charge in [-0.05, 0) is 77.0 Å². The Morgan fingerprint density at radius 3 is 1.42 bits per heavy atom. The average molecular weight is 896 g/mol. The molecule has 0 aliphatic heterocycles. The van der Waals surface area contributed by atoms with Crippen LogP contribution in [0.2, 0.25) is 0 Å². The molecule has 372 valence electrons. The monoisotopic (exact) mass is 896 g/mol. The molecule has 0 aromatic heterocycles. The fraction of sp³-hybridized carbons (Fsp3) is 0.793. The van der Waals surface area contributed by atoms with Gasteiger partial charge in [-0.25, -0.2) is 0 Å². The van der Waals surface area contributed by atoms with Crippen molar-refractivity contribution in [3.05, 3.63) is 60.8 Å². The van der Waals surface area contributed by atoms with E-state index in [0.717, 1.165) is 83.5 Å². The standard InChI is InChI=1S/C58H105NO5/c1-4-7-10-13-16-19-22-25-27-28-30-32-34-37-40-43-46-49-54(64-58(63)51-48-45-42-39-36-33-29-26-23-20-17-14-11-8-5-2)52-57(62)59-55(53-60)56(61)50-47-44-41-38-35-31-24-21-18-15-12-9-6-3/h8,11,14,16-17,19-20,23,25,27,54-56,60-61H,4-7,9-10,12-13,15,18,21-22,24,26,28-53H2,1-3H3,(H,59,62)/b11-8+,17-14+,19-16-,23-20+,27-25-. The SMILES string of the molecule is CC/C=C/C=C/C=C/CCCCCCCCCC(=O)OC(CCCCCCCCC/C=C\C/C=C\CCCCC)CC(=O)NC(CO)C(O)CCCCCCCCCCCCCCC. The van der Waals surface area contributed by atoms with E-state index in [-0.39, 0.29) is 24.9 Å². The second-order valence-corrected chi connectivity index (χ2v) is 18.7. The Kier molecular flexibility index (Phi) is 49.6. The Bertz CT molecular complexity index is 1140. The molecule has 1 amide bonds. The number of aliphatic hydroxyl groups excluding tert-OH is 2. The zero-order chi connectivity index (χ0) is 46.7. The number of esters is 1. The largest absolute Gasteiger partial charge is 0.462 e. The minimum atomic E-state index is -0.793. The molecule has 0 saturated heterocycles. The van der Waals surface area contributed by atoms with E-state index in [1.165, 1.54) is 141 Å². The fourth-order valence-corrected chi connectivity index (χ4v) is 8.23. The van der Waals surface area contributed by atoms with Crippen LogP contribution in [0.3, 0.4) is 0 Å². The van der Waals surface area contributed by atoms with Gasteiger partial charge in [-0.3, -0.25) is 9.59 Å². The van der Waals surface area contributed by atoms with Crippen molar-refractivity contribution in [2.75, 3.05) is 6.61 Å². The quantitative estimate of drug-likeness (QED) is 0.0245. The Morgan fingerprint density at radius 1 is 0.484 bits per heavy atom. The van der Waals surface area contributed by atoms with E-state index < -0.39 is 18.2 Å². The summed E-state index contributed by atoms with van der Waals surface area (Å²) in [6.45, 7) is 6.34. The third kappa shape index (κ3) is 46.1. The van der Waals surface area contributed by atoms with Gasteiger partial charge in [-0.1, -0.05) is 242 Å². The molecule has 3 atom stereocenters. The van der Waals surface area contributed by atoms with Crippen LogP contribution in [0.4, 0.5) is 0 Å². The van der Waals surface area contributed by atoms with Crippen molar-refractivity contribution >= 4 is 11.9 Å². The highest BCUT2D eigenvalue weighted by Crippen LogP contribution is 2.18. The molecule has 0 spiro atoms. The number of carbonyl (C=O) groups is 2. The molecule has 3 N–H and O–H groups in total. The van der Waals surface area contributed by atoms with Crippen LogP contribution in [-0.2, 0) is 14.3 Å². The van der Waals surface area contributed by atoms with Gasteiger partial charge >= 0.3 is 5.97 Å². The van der Waals surface area contributed by atoms with Crippen molar-refractivity contribution in [3.8, 4) is 0 Å². The van der Waals surface area contributed by atoms with Crippen LogP contribution >= 0.6 is 0 Å². The lowest BCUT2D eigenvalue weighted by Gasteiger charge is -2.24. The zero-order valence-corrected chi connectivity index (χ0v) is 42.4. The zero-order valence-electron chi connectivity index (χ0n) is 42.4. The van der Waals surface area contributed by atoms with Crippen LogP contribution in [0.15, 0.2) is 60.8 Å². The predicted octanol–water partition coefficient (Wildman–Crippen LogP) is 16.8. The molecule has 0 saturated carbocycles. The minimum Gasteiger partial charge on any atom is -0.462 e. The molecule has 0 radical (unpaired) electrons. The van der Waals surface area contributed by atoms with Gasteiger partial charge < -0.3 is 20.3 Å². The lowest BCUT2D eigenvalue weighted by atomic mass is 10.0. The van der Waals surface area contributed by atoms with Gasteiger partial charge in [0.05, 0.1) is 25.2 Å². The second kappa shape index (κ2) is 51.5.